The molecule has 0 radical (unpaired) electrons. The minimum atomic E-state index is -4.52. The quantitative estimate of drug-likeness (QED) is 0.559. The number of aromatic nitrogens is 1. The van der Waals surface area contributed by atoms with Crippen molar-refractivity contribution in [2.24, 2.45) is 0 Å². The smallest absolute Gasteiger partial charge is 0.376 e. The zero-order chi connectivity index (χ0) is 21.9. The largest absolute Gasteiger partial charge is 0.416 e. The number of carbonyl (C=O) groups excluding carboxylic acids is 1. The summed E-state index contributed by atoms with van der Waals surface area (Å²) in [7, 11) is 0. The number of hydrogen-bond donors (Lipinski definition) is 1. The van der Waals surface area contributed by atoms with Gasteiger partial charge in [0.1, 0.15) is 11.6 Å². The molecular formula is C22H22F3N3O2. The lowest BCUT2D eigenvalue weighted by atomic mass is 10.1. The number of amides is 1. The number of nitrogens with zero attached hydrogens (tertiary/aromatic N) is 2. The summed E-state index contributed by atoms with van der Waals surface area (Å²) in [4.78, 5) is 12.5. The second-order valence-electron chi connectivity index (χ2n) is 7.27. The first-order chi connectivity index (χ1) is 14.2. The topological polar surface area (TPSA) is 67.0 Å². The van der Waals surface area contributed by atoms with Crippen LogP contribution in [0.5, 0.6) is 0 Å². The van der Waals surface area contributed by atoms with Crippen molar-refractivity contribution in [3.05, 3.63) is 58.4 Å². The molecule has 30 heavy (non-hydrogen) atoms. The molecule has 0 saturated carbocycles. The van der Waals surface area contributed by atoms with Gasteiger partial charge in [-0.3, -0.25) is 4.79 Å². The van der Waals surface area contributed by atoms with Crippen LogP contribution >= 0.6 is 0 Å². The summed E-state index contributed by atoms with van der Waals surface area (Å²) in [6.07, 6.45) is -0.894. The standard InChI is InChI=1S/C22H22F3N3O2/c1-14-9-16(15(2)28(14)13-20-7-4-8-30-20)10-17(12-26)21(29)27-19-6-3-5-18(11-19)22(23,24)25/h3,5-6,9-11,20H,4,7-8,13H2,1-2H3,(H,27,29)/b17-10+/t20-/m0/s1. The Bertz CT molecular complexity index is 1010. The van der Waals surface area contributed by atoms with Crippen molar-refractivity contribution >= 4 is 17.7 Å². The van der Waals surface area contributed by atoms with Crippen molar-refractivity contribution in [1.29, 1.82) is 5.26 Å². The van der Waals surface area contributed by atoms with Crippen LogP contribution in [-0.4, -0.2) is 23.2 Å². The van der Waals surface area contributed by atoms with Crippen LogP contribution < -0.4 is 5.32 Å². The van der Waals surface area contributed by atoms with Gasteiger partial charge in [-0.05, 0) is 62.6 Å². The number of carbonyl (C=O) groups is 1. The molecule has 1 N–H and O–H groups in total. The molecule has 1 fully saturated rings. The van der Waals surface area contributed by atoms with Gasteiger partial charge < -0.3 is 14.6 Å². The number of alkyl halides is 3. The van der Waals surface area contributed by atoms with E-state index in [1.807, 2.05) is 26.0 Å². The van der Waals surface area contributed by atoms with Gasteiger partial charge in [0.2, 0.25) is 0 Å². The molecule has 5 nitrogen and oxygen atoms in total. The Balaban J connectivity index is 1.80. The van der Waals surface area contributed by atoms with Gasteiger partial charge in [-0.1, -0.05) is 6.07 Å². The maximum Gasteiger partial charge on any atom is 0.416 e. The normalized spacial score (nSPS) is 17.1. The first kappa shape index (κ1) is 21.7. The Morgan fingerprint density at radius 2 is 2.13 bits per heavy atom. The van der Waals surface area contributed by atoms with Crippen LogP contribution in [0.3, 0.4) is 0 Å². The van der Waals surface area contributed by atoms with E-state index in [2.05, 4.69) is 9.88 Å². The number of anilines is 1. The van der Waals surface area contributed by atoms with E-state index < -0.39 is 17.6 Å². The maximum absolute atomic E-state index is 12.9. The fourth-order valence-corrected chi connectivity index (χ4v) is 3.52. The maximum atomic E-state index is 12.9. The van der Waals surface area contributed by atoms with Gasteiger partial charge in [-0.2, -0.15) is 18.4 Å². The molecule has 1 atom stereocenters. The van der Waals surface area contributed by atoms with Gasteiger partial charge in [0.05, 0.1) is 11.7 Å². The minimum Gasteiger partial charge on any atom is -0.376 e. The SMILES string of the molecule is Cc1cc(/C=C(\C#N)C(=O)Nc2cccc(C(F)(F)F)c2)c(C)n1C[C@@H]1CCCO1. The Morgan fingerprint density at radius 3 is 2.77 bits per heavy atom. The molecule has 1 aliphatic rings. The highest BCUT2D eigenvalue weighted by atomic mass is 19.4. The van der Waals surface area contributed by atoms with Gasteiger partial charge in [-0.15, -0.1) is 0 Å². The molecule has 0 unspecified atom stereocenters. The van der Waals surface area contributed by atoms with Crippen molar-refractivity contribution < 1.29 is 22.7 Å². The molecule has 2 heterocycles. The van der Waals surface area contributed by atoms with Crippen molar-refractivity contribution in [3.63, 3.8) is 0 Å². The molecule has 0 spiro atoms. The highest BCUT2D eigenvalue weighted by Gasteiger charge is 2.30. The number of aryl methyl sites for hydroxylation is 1. The molecule has 0 aliphatic carbocycles. The van der Waals surface area contributed by atoms with E-state index in [1.165, 1.54) is 18.2 Å². The third-order valence-corrected chi connectivity index (χ3v) is 5.14. The Labute approximate surface area is 172 Å². The van der Waals surface area contributed by atoms with Gasteiger partial charge >= 0.3 is 6.18 Å². The van der Waals surface area contributed by atoms with E-state index in [0.29, 0.717) is 12.1 Å². The van der Waals surface area contributed by atoms with E-state index >= 15 is 0 Å². The Hall–Kier alpha value is -3.05. The fourth-order valence-electron chi connectivity index (χ4n) is 3.52. The molecule has 1 saturated heterocycles. The number of ether oxygens (including phenoxy) is 1. The van der Waals surface area contributed by atoms with Crippen LogP contribution in [0.1, 0.15) is 35.4 Å². The first-order valence-corrected chi connectivity index (χ1v) is 9.58. The average molecular weight is 417 g/mol. The average Bonchev–Trinajstić information content (AvgIpc) is 3.29. The second kappa shape index (κ2) is 8.76. The van der Waals surface area contributed by atoms with Crippen LogP contribution in [0.25, 0.3) is 6.08 Å². The third-order valence-electron chi connectivity index (χ3n) is 5.14. The summed E-state index contributed by atoms with van der Waals surface area (Å²) >= 11 is 0. The summed E-state index contributed by atoms with van der Waals surface area (Å²) in [5.41, 5.74) is 1.48. The number of nitriles is 1. The predicted octanol–water partition coefficient (Wildman–Crippen LogP) is 4.85. The fraction of sp³-hybridized carbons (Fsp3) is 0.364. The molecule has 1 amide bonds. The van der Waals surface area contributed by atoms with Gasteiger partial charge in [0.25, 0.3) is 5.91 Å². The van der Waals surface area contributed by atoms with E-state index in [9.17, 15) is 23.2 Å². The molecule has 2 aromatic rings. The molecule has 0 bridgehead atoms. The monoisotopic (exact) mass is 417 g/mol. The van der Waals surface area contributed by atoms with Crippen molar-refractivity contribution in [2.75, 3.05) is 11.9 Å². The van der Waals surface area contributed by atoms with Crippen LogP contribution in [-0.2, 0) is 22.3 Å². The van der Waals surface area contributed by atoms with Crippen LogP contribution in [0.4, 0.5) is 18.9 Å². The van der Waals surface area contributed by atoms with Crippen LogP contribution in [0, 0.1) is 25.2 Å². The van der Waals surface area contributed by atoms with E-state index in [0.717, 1.165) is 43.0 Å². The van der Waals surface area contributed by atoms with Crippen LogP contribution in [0.2, 0.25) is 0 Å². The van der Waals surface area contributed by atoms with E-state index in [4.69, 9.17) is 4.74 Å². The molecule has 1 aromatic carbocycles. The lowest BCUT2D eigenvalue weighted by molar-refractivity contribution is -0.137. The lowest BCUT2D eigenvalue weighted by Gasteiger charge is -2.14. The predicted molar refractivity (Wildman–Crippen MR) is 107 cm³/mol. The van der Waals surface area contributed by atoms with Gasteiger partial charge in [0, 0.05) is 30.2 Å². The zero-order valence-electron chi connectivity index (χ0n) is 16.7. The van der Waals surface area contributed by atoms with Crippen molar-refractivity contribution in [1.82, 2.24) is 4.57 Å². The summed E-state index contributed by atoms with van der Waals surface area (Å²) in [5.74, 6) is -0.763. The number of halogens is 3. The zero-order valence-corrected chi connectivity index (χ0v) is 16.7. The number of rotatable bonds is 5. The number of nitrogens with one attached hydrogen (secondary N) is 1. The molecule has 1 aromatic heterocycles. The molecule has 3 rings (SSSR count). The van der Waals surface area contributed by atoms with Gasteiger partial charge in [-0.25, -0.2) is 0 Å². The second-order valence-corrected chi connectivity index (χ2v) is 7.27. The first-order valence-electron chi connectivity index (χ1n) is 9.58. The molecule has 158 valence electrons. The number of hydrogen-bond acceptors (Lipinski definition) is 3. The van der Waals surface area contributed by atoms with E-state index in [-0.39, 0.29) is 17.4 Å². The minimum absolute atomic E-state index is 0.0279. The molecule has 1 aliphatic heterocycles. The van der Waals surface area contributed by atoms with Gasteiger partial charge in [0.15, 0.2) is 0 Å². The van der Waals surface area contributed by atoms with E-state index in [1.54, 1.807) is 0 Å². The van der Waals surface area contributed by atoms with Crippen molar-refractivity contribution in [2.45, 2.75) is 45.5 Å². The Kier molecular flexibility index (Phi) is 6.32. The summed E-state index contributed by atoms with van der Waals surface area (Å²) in [6.45, 7) is 5.29. The lowest BCUT2D eigenvalue weighted by Crippen LogP contribution is -2.17. The summed E-state index contributed by atoms with van der Waals surface area (Å²) in [5, 5.41) is 11.8. The molecular weight excluding hydrogens is 395 g/mol. The summed E-state index contributed by atoms with van der Waals surface area (Å²) < 4.78 is 46.3. The Morgan fingerprint density at radius 1 is 1.37 bits per heavy atom. The molecule has 8 heteroatoms. The number of benzene rings is 1. The highest BCUT2D eigenvalue weighted by molar-refractivity contribution is 6.09. The van der Waals surface area contributed by atoms with Crippen molar-refractivity contribution in [3.8, 4) is 6.07 Å². The highest BCUT2D eigenvalue weighted by Crippen LogP contribution is 2.31. The third kappa shape index (κ3) is 4.92. The summed E-state index contributed by atoms with van der Waals surface area (Å²) in [6, 6.07) is 8.01. The van der Waals surface area contributed by atoms with Crippen LogP contribution in [0.15, 0.2) is 35.9 Å².